The van der Waals surface area contributed by atoms with Crippen LogP contribution in [0.4, 0.5) is 5.13 Å². The van der Waals surface area contributed by atoms with Gasteiger partial charge < -0.3 is 19.1 Å². The van der Waals surface area contributed by atoms with E-state index in [9.17, 15) is 4.79 Å². The van der Waals surface area contributed by atoms with Crippen LogP contribution in [0.1, 0.15) is 16.8 Å². The molecule has 1 aliphatic heterocycles. The van der Waals surface area contributed by atoms with Crippen LogP contribution >= 0.6 is 22.9 Å². The van der Waals surface area contributed by atoms with Gasteiger partial charge in [0.15, 0.2) is 16.6 Å². The maximum absolute atomic E-state index is 12.3. The Balaban J connectivity index is 1.28. The van der Waals surface area contributed by atoms with E-state index in [-0.39, 0.29) is 12.3 Å². The van der Waals surface area contributed by atoms with Crippen molar-refractivity contribution in [3.8, 4) is 11.5 Å². The number of anilines is 1. The molecular weight excluding hydrogens is 476 g/mol. The molecule has 1 fully saturated rings. The molecule has 178 valence electrons. The van der Waals surface area contributed by atoms with Gasteiger partial charge in [-0.25, -0.2) is 10.4 Å². The standard InChI is InChI=1S/C24H25ClN4O4S/c1-31-22-12-18(4-7-21(22)33-15-17-2-5-19(25)6-3-17)14-26-28-23(30)13-20-16-34-24(27-20)29-8-10-32-11-9-29/h2-7,12,14,16H,8-11,13,15H2,1H3,(H,28,30)/b26-14-. The summed E-state index contributed by atoms with van der Waals surface area (Å²) in [4.78, 5) is 19.0. The van der Waals surface area contributed by atoms with E-state index in [4.69, 9.17) is 25.8 Å². The largest absolute Gasteiger partial charge is 0.493 e. The maximum atomic E-state index is 12.3. The number of carbonyl (C=O) groups excluding carboxylic acids is 1. The summed E-state index contributed by atoms with van der Waals surface area (Å²) in [6, 6.07) is 12.9. The smallest absolute Gasteiger partial charge is 0.246 e. The lowest BCUT2D eigenvalue weighted by atomic mass is 10.2. The second-order valence-corrected chi connectivity index (χ2v) is 8.79. The van der Waals surface area contributed by atoms with Gasteiger partial charge in [0.2, 0.25) is 5.91 Å². The second-order valence-electron chi connectivity index (χ2n) is 7.52. The Bertz CT molecular complexity index is 1130. The minimum atomic E-state index is -0.232. The van der Waals surface area contributed by atoms with Gasteiger partial charge in [-0.15, -0.1) is 11.3 Å². The van der Waals surface area contributed by atoms with Crippen LogP contribution in [-0.2, 0) is 22.6 Å². The first-order chi connectivity index (χ1) is 16.6. The van der Waals surface area contributed by atoms with E-state index in [1.54, 1.807) is 25.5 Å². The van der Waals surface area contributed by atoms with Crippen LogP contribution < -0.4 is 19.8 Å². The first-order valence-electron chi connectivity index (χ1n) is 10.7. The monoisotopic (exact) mass is 500 g/mol. The molecule has 1 saturated heterocycles. The fraction of sp³-hybridized carbons (Fsp3) is 0.292. The fourth-order valence-electron chi connectivity index (χ4n) is 3.29. The average molecular weight is 501 g/mol. The Morgan fingerprint density at radius 3 is 2.79 bits per heavy atom. The molecule has 0 saturated carbocycles. The van der Waals surface area contributed by atoms with Crippen LogP contribution in [0.3, 0.4) is 0 Å². The van der Waals surface area contributed by atoms with Crippen molar-refractivity contribution in [2.75, 3.05) is 38.3 Å². The van der Waals surface area contributed by atoms with E-state index in [1.807, 2.05) is 35.7 Å². The van der Waals surface area contributed by atoms with E-state index in [2.05, 4.69) is 20.4 Å². The lowest BCUT2D eigenvalue weighted by Crippen LogP contribution is -2.36. The molecule has 2 heterocycles. The molecule has 1 N–H and O–H groups in total. The summed E-state index contributed by atoms with van der Waals surface area (Å²) < 4.78 is 16.7. The number of halogens is 1. The SMILES string of the molecule is COc1cc(/C=N\NC(=O)Cc2csc(N3CCOCC3)n2)ccc1OCc1ccc(Cl)cc1. The summed E-state index contributed by atoms with van der Waals surface area (Å²) >= 11 is 7.45. The Kier molecular flexibility index (Phi) is 8.35. The topological polar surface area (TPSA) is 85.3 Å². The number of nitrogens with zero attached hydrogens (tertiary/aromatic N) is 3. The van der Waals surface area contributed by atoms with Crippen molar-refractivity contribution in [1.29, 1.82) is 0 Å². The Hall–Kier alpha value is -3.14. The van der Waals surface area contributed by atoms with Crippen LogP contribution in [0, 0.1) is 0 Å². The highest BCUT2D eigenvalue weighted by Crippen LogP contribution is 2.28. The number of thiazole rings is 1. The molecule has 1 aromatic heterocycles. The van der Waals surface area contributed by atoms with Crippen molar-refractivity contribution in [3.05, 3.63) is 69.7 Å². The van der Waals surface area contributed by atoms with Gasteiger partial charge in [0, 0.05) is 23.5 Å². The number of ether oxygens (including phenoxy) is 3. The number of benzene rings is 2. The van der Waals surface area contributed by atoms with E-state index in [0.717, 1.165) is 35.0 Å². The molecule has 3 aromatic rings. The van der Waals surface area contributed by atoms with Crippen molar-refractivity contribution in [3.63, 3.8) is 0 Å². The highest BCUT2D eigenvalue weighted by Gasteiger charge is 2.15. The summed E-state index contributed by atoms with van der Waals surface area (Å²) in [5, 5.41) is 7.56. The molecule has 0 aliphatic carbocycles. The number of aromatic nitrogens is 1. The summed E-state index contributed by atoms with van der Waals surface area (Å²) in [5.74, 6) is 0.950. The van der Waals surface area contributed by atoms with E-state index in [1.165, 1.54) is 11.3 Å². The molecule has 34 heavy (non-hydrogen) atoms. The predicted octanol–water partition coefficient (Wildman–Crippen LogP) is 3.91. The molecular formula is C24H25ClN4O4S. The number of morpholine rings is 1. The first-order valence-corrected chi connectivity index (χ1v) is 12.0. The molecule has 0 atom stereocenters. The summed E-state index contributed by atoms with van der Waals surface area (Å²) in [6.07, 6.45) is 1.72. The number of carbonyl (C=O) groups is 1. The van der Waals surface area contributed by atoms with Crippen LogP contribution in [0.15, 0.2) is 52.9 Å². The average Bonchev–Trinajstić information content (AvgIpc) is 3.33. The maximum Gasteiger partial charge on any atom is 0.246 e. The number of amides is 1. The predicted molar refractivity (Wildman–Crippen MR) is 133 cm³/mol. The molecule has 1 aliphatic rings. The van der Waals surface area contributed by atoms with Gasteiger partial charge in [0.05, 0.1) is 38.7 Å². The van der Waals surface area contributed by atoms with Crippen molar-refractivity contribution < 1.29 is 19.0 Å². The second kappa shape index (κ2) is 11.8. The third kappa shape index (κ3) is 6.69. The zero-order valence-corrected chi connectivity index (χ0v) is 20.3. The van der Waals surface area contributed by atoms with Crippen LogP contribution in [0.5, 0.6) is 11.5 Å². The number of hydrogen-bond acceptors (Lipinski definition) is 8. The highest BCUT2D eigenvalue weighted by molar-refractivity contribution is 7.13. The molecule has 0 radical (unpaired) electrons. The summed E-state index contributed by atoms with van der Waals surface area (Å²) in [7, 11) is 1.58. The third-order valence-corrected chi connectivity index (χ3v) is 6.26. The quantitative estimate of drug-likeness (QED) is 0.354. The normalized spacial score (nSPS) is 13.8. The number of nitrogens with one attached hydrogen (secondary N) is 1. The first kappa shape index (κ1) is 24.0. The lowest BCUT2D eigenvalue weighted by Gasteiger charge is -2.26. The molecule has 0 bridgehead atoms. The summed E-state index contributed by atoms with van der Waals surface area (Å²) in [6.45, 7) is 3.42. The fourth-order valence-corrected chi connectivity index (χ4v) is 4.29. The highest BCUT2D eigenvalue weighted by atomic mass is 35.5. The van der Waals surface area contributed by atoms with Crippen molar-refractivity contribution in [2.45, 2.75) is 13.0 Å². The van der Waals surface area contributed by atoms with E-state index < -0.39 is 0 Å². The molecule has 10 heteroatoms. The van der Waals surface area contributed by atoms with E-state index in [0.29, 0.717) is 36.3 Å². The molecule has 0 unspecified atom stereocenters. The van der Waals surface area contributed by atoms with Crippen LogP contribution in [-0.4, -0.2) is 50.5 Å². The summed E-state index contributed by atoms with van der Waals surface area (Å²) in [5.41, 5.74) is 5.04. The van der Waals surface area contributed by atoms with Crippen LogP contribution in [0.25, 0.3) is 0 Å². The zero-order valence-electron chi connectivity index (χ0n) is 18.7. The van der Waals surface area contributed by atoms with Crippen molar-refractivity contribution in [1.82, 2.24) is 10.4 Å². The van der Waals surface area contributed by atoms with Crippen LogP contribution in [0.2, 0.25) is 5.02 Å². The van der Waals surface area contributed by atoms with Gasteiger partial charge in [-0.3, -0.25) is 4.79 Å². The number of rotatable bonds is 9. The van der Waals surface area contributed by atoms with Gasteiger partial charge >= 0.3 is 0 Å². The van der Waals surface area contributed by atoms with Gasteiger partial charge in [0.1, 0.15) is 6.61 Å². The molecule has 4 rings (SSSR count). The van der Waals surface area contributed by atoms with Crippen molar-refractivity contribution in [2.24, 2.45) is 5.10 Å². The Labute approximate surface area is 207 Å². The van der Waals surface area contributed by atoms with Gasteiger partial charge in [-0.2, -0.15) is 5.10 Å². The Morgan fingerprint density at radius 1 is 1.24 bits per heavy atom. The van der Waals surface area contributed by atoms with Crippen molar-refractivity contribution >= 4 is 40.2 Å². The number of hydrogen-bond donors (Lipinski definition) is 1. The van der Waals surface area contributed by atoms with Gasteiger partial charge in [-0.05, 0) is 41.5 Å². The third-order valence-electron chi connectivity index (χ3n) is 5.06. The number of methoxy groups -OCH3 is 1. The van der Waals surface area contributed by atoms with Gasteiger partial charge in [-0.1, -0.05) is 23.7 Å². The minimum Gasteiger partial charge on any atom is -0.493 e. The van der Waals surface area contributed by atoms with E-state index >= 15 is 0 Å². The number of hydrazone groups is 1. The lowest BCUT2D eigenvalue weighted by molar-refractivity contribution is -0.120. The van der Waals surface area contributed by atoms with Gasteiger partial charge in [0.25, 0.3) is 0 Å². The Morgan fingerprint density at radius 2 is 2.03 bits per heavy atom. The minimum absolute atomic E-state index is 0.166. The molecule has 2 aromatic carbocycles. The molecule has 1 amide bonds. The molecule has 0 spiro atoms. The zero-order chi connectivity index (χ0) is 23.8. The molecule has 8 nitrogen and oxygen atoms in total.